The van der Waals surface area contributed by atoms with Crippen LogP contribution in [-0.4, -0.2) is 11.9 Å². The molecule has 1 rings (SSSR count). The van der Waals surface area contributed by atoms with Crippen LogP contribution in [0.2, 0.25) is 0 Å². The number of hydrogen-bond donors (Lipinski definition) is 0. The summed E-state index contributed by atoms with van der Waals surface area (Å²) in [5.41, 5.74) is 0.761. The Morgan fingerprint density at radius 1 is 1.27 bits per heavy atom. The molecule has 15 heavy (non-hydrogen) atoms. The highest BCUT2D eigenvalue weighted by Gasteiger charge is 2.11. The molecule has 0 heterocycles. The van der Waals surface area contributed by atoms with Gasteiger partial charge in [-0.3, -0.25) is 4.79 Å². The summed E-state index contributed by atoms with van der Waals surface area (Å²) in [5, 5.41) is 0. The second kappa shape index (κ2) is 4.78. The van der Waals surface area contributed by atoms with Gasteiger partial charge in [0.05, 0.1) is 0 Å². The third kappa shape index (κ3) is 4.45. The molecule has 0 aliphatic rings. The first-order chi connectivity index (χ1) is 7.01. The van der Waals surface area contributed by atoms with Crippen molar-refractivity contribution >= 4 is 12.4 Å². The van der Waals surface area contributed by atoms with Crippen LogP contribution in [0.4, 0.5) is 0 Å². The number of aldehydes is 1. The Morgan fingerprint density at radius 2 is 2.00 bits per heavy atom. The van der Waals surface area contributed by atoms with Crippen molar-refractivity contribution in [2.75, 3.05) is 0 Å². The van der Waals surface area contributed by atoms with E-state index in [4.69, 9.17) is 4.74 Å². The Kier molecular flexibility index (Phi) is 3.67. The van der Waals surface area contributed by atoms with E-state index in [2.05, 4.69) is 0 Å². The molecular formula is C13H16O2. The second-order valence-electron chi connectivity index (χ2n) is 4.28. The van der Waals surface area contributed by atoms with Gasteiger partial charge >= 0.3 is 0 Å². The zero-order chi connectivity index (χ0) is 11.3. The number of carbonyl (C=O) groups excluding carboxylic acids is 1. The topological polar surface area (TPSA) is 26.3 Å². The first-order valence-electron chi connectivity index (χ1n) is 4.92. The quantitative estimate of drug-likeness (QED) is 0.558. The summed E-state index contributed by atoms with van der Waals surface area (Å²) < 4.78 is 5.70. The van der Waals surface area contributed by atoms with Gasteiger partial charge in [-0.2, -0.15) is 0 Å². The molecule has 0 radical (unpaired) electrons. The molecule has 2 nitrogen and oxygen atoms in total. The average Bonchev–Trinajstić information content (AvgIpc) is 2.12. The monoisotopic (exact) mass is 204 g/mol. The predicted molar refractivity (Wildman–Crippen MR) is 61.9 cm³/mol. The summed E-state index contributed by atoms with van der Waals surface area (Å²) in [6.07, 6.45) is 3.98. The molecule has 0 atom stereocenters. The number of benzene rings is 1. The van der Waals surface area contributed by atoms with E-state index in [1.807, 2.05) is 45.0 Å². The van der Waals surface area contributed by atoms with Crippen molar-refractivity contribution in [1.82, 2.24) is 0 Å². The molecule has 2 heteroatoms. The van der Waals surface area contributed by atoms with Crippen LogP contribution >= 0.6 is 0 Å². The van der Waals surface area contributed by atoms with E-state index in [1.54, 1.807) is 6.08 Å². The van der Waals surface area contributed by atoms with Crippen LogP contribution in [0.3, 0.4) is 0 Å². The normalized spacial score (nSPS) is 11.7. The van der Waals surface area contributed by atoms with E-state index in [0.29, 0.717) is 0 Å². The molecule has 0 aliphatic heterocycles. The largest absolute Gasteiger partial charge is 0.488 e. The predicted octanol–water partition coefficient (Wildman–Crippen LogP) is 3.08. The van der Waals surface area contributed by atoms with Gasteiger partial charge in [-0.1, -0.05) is 18.2 Å². The Labute approximate surface area is 90.6 Å². The van der Waals surface area contributed by atoms with Gasteiger partial charge in [0.2, 0.25) is 0 Å². The fourth-order valence-corrected chi connectivity index (χ4v) is 1.19. The SMILES string of the molecule is CC(C)(C)Oc1cccc(/C=C/C=O)c1. The van der Waals surface area contributed by atoms with Crippen LogP contribution in [0.25, 0.3) is 6.08 Å². The van der Waals surface area contributed by atoms with Crippen molar-refractivity contribution in [2.24, 2.45) is 0 Å². The summed E-state index contributed by atoms with van der Waals surface area (Å²) >= 11 is 0. The number of allylic oxidation sites excluding steroid dienone is 1. The van der Waals surface area contributed by atoms with E-state index in [-0.39, 0.29) is 5.60 Å². The van der Waals surface area contributed by atoms with E-state index in [9.17, 15) is 4.79 Å². The molecule has 0 saturated carbocycles. The molecule has 0 amide bonds. The summed E-state index contributed by atoms with van der Waals surface area (Å²) in [6.45, 7) is 6.00. The van der Waals surface area contributed by atoms with Gasteiger partial charge in [-0.05, 0) is 44.5 Å². The van der Waals surface area contributed by atoms with Crippen LogP contribution < -0.4 is 4.74 Å². The Morgan fingerprint density at radius 3 is 2.60 bits per heavy atom. The summed E-state index contributed by atoms with van der Waals surface area (Å²) in [5.74, 6) is 0.815. The highest BCUT2D eigenvalue weighted by molar-refractivity contribution is 5.74. The molecule has 0 aromatic heterocycles. The smallest absolute Gasteiger partial charge is 0.142 e. The third-order valence-corrected chi connectivity index (χ3v) is 1.65. The molecule has 0 unspecified atom stereocenters. The third-order valence-electron chi connectivity index (χ3n) is 1.65. The molecule has 0 fully saturated rings. The Balaban J connectivity index is 2.83. The van der Waals surface area contributed by atoms with Gasteiger partial charge in [-0.15, -0.1) is 0 Å². The standard InChI is InChI=1S/C13H16O2/c1-13(2,3)15-12-8-4-6-11(10-12)7-5-9-14/h4-10H,1-3H3/b7-5+. The fourth-order valence-electron chi connectivity index (χ4n) is 1.19. The maximum Gasteiger partial charge on any atom is 0.142 e. The van der Waals surface area contributed by atoms with Crippen molar-refractivity contribution in [3.05, 3.63) is 35.9 Å². The lowest BCUT2D eigenvalue weighted by atomic mass is 10.1. The molecule has 80 valence electrons. The van der Waals surface area contributed by atoms with Crippen LogP contribution in [0.1, 0.15) is 26.3 Å². The first kappa shape index (κ1) is 11.5. The zero-order valence-electron chi connectivity index (χ0n) is 9.36. The molecule has 0 N–H and O–H groups in total. The fraction of sp³-hybridized carbons (Fsp3) is 0.308. The van der Waals surface area contributed by atoms with Crippen LogP contribution in [0.15, 0.2) is 30.3 Å². The van der Waals surface area contributed by atoms with Gasteiger partial charge < -0.3 is 4.74 Å². The second-order valence-corrected chi connectivity index (χ2v) is 4.28. The van der Waals surface area contributed by atoms with Crippen LogP contribution in [0.5, 0.6) is 5.75 Å². The van der Waals surface area contributed by atoms with Gasteiger partial charge in [0.25, 0.3) is 0 Å². The van der Waals surface area contributed by atoms with Crippen molar-refractivity contribution < 1.29 is 9.53 Å². The summed E-state index contributed by atoms with van der Waals surface area (Å²) in [7, 11) is 0. The molecule has 1 aromatic rings. The molecule has 0 bridgehead atoms. The van der Waals surface area contributed by atoms with E-state index >= 15 is 0 Å². The van der Waals surface area contributed by atoms with Crippen LogP contribution in [0, 0.1) is 0 Å². The van der Waals surface area contributed by atoms with Crippen molar-refractivity contribution in [1.29, 1.82) is 0 Å². The Hall–Kier alpha value is -1.57. The van der Waals surface area contributed by atoms with Gasteiger partial charge in [0.15, 0.2) is 0 Å². The molecule has 0 saturated heterocycles. The molecule has 1 aromatic carbocycles. The summed E-state index contributed by atoms with van der Waals surface area (Å²) in [6, 6.07) is 7.65. The van der Waals surface area contributed by atoms with Crippen molar-refractivity contribution in [3.8, 4) is 5.75 Å². The minimum absolute atomic E-state index is 0.201. The number of carbonyl (C=O) groups is 1. The maximum atomic E-state index is 10.2. The lowest BCUT2D eigenvalue weighted by Crippen LogP contribution is -2.22. The lowest BCUT2D eigenvalue weighted by molar-refractivity contribution is -0.104. The minimum Gasteiger partial charge on any atom is -0.488 e. The lowest BCUT2D eigenvalue weighted by Gasteiger charge is -2.21. The first-order valence-corrected chi connectivity index (χ1v) is 4.92. The molecular weight excluding hydrogens is 188 g/mol. The zero-order valence-corrected chi connectivity index (χ0v) is 9.36. The van der Waals surface area contributed by atoms with Gasteiger partial charge in [-0.25, -0.2) is 0 Å². The Bertz CT molecular complexity index is 359. The summed E-state index contributed by atoms with van der Waals surface area (Å²) in [4.78, 5) is 10.2. The molecule has 0 aliphatic carbocycles. The average molecular weight is 204 g/mol. The number of ether oxygens (including phenoxy) is 1. The van der Waals surface area contributed by atoms with E-state index < -0.39 is 0 Å². The van der Waals surface area contributed by atoms with Crippen molar-refractivity contribution in [2.45, 2.75) is 26.4 Å². The highest BCUT2D eigenvalue weighted by Crippen LogP contribution is 2.19. The maximum absolute atomic E-state index is 10.2. The van der Waals surface area contributed by atoms with Crippen LogP contribution in [-0.2, 0) is 4.79 Å². The molecule has 0 spiro atoms. The van der Waals surface area contributed by atoms with Gasteiger partial charge in [0.1, 0.15) is 17.6 Å². The van der Waals surface area contributed by atoms with E-state index in [1.165, 1.54) is 6.08 Å². The van der Waals surface area contributed by atoms with Gasteiger partial charge in [0, 0.05) is 0 Å². The van der Waals surface area contributed by atoms with Crippen molar-refractivity contribution in [3.63, 3.8) is 0 Å². The van der Waals surface area contributed by atoms with E-state index in [0.717, 1.165) is 17.6 Å². The number of rotatable bonds is 3. The highest BCUT2D eigenvalue weighted by atomic mass is 16.5. The number of hydrogen-bond acceptors (Lipinski definition) is 2. The minimum atomic E-state index is -0.201.